The highest BCUT2D eigenvalue weighted by Gasteiger charge is 2.36. The third-order valence-electron chi connectivity index (χ3n) is 3.78. The van der Waals surface area contributed by atoms with Crippen LogP contribution in [0.2, 0.25) is 0 Å². The fourth-order valence-corrected chi connectivity index (χ4v) is 4.22. The minimum Gasteiger partial charge on any atom is -0.294 e. The Hall–Kier alpha value is -1.54. The van der Waals surface area contributed by atoms with Gasteiger partial charge in [-0.25, -0.2) is 9.79 Å². The highest BCUT2D eigenvalue weighted by Crippen LogP contribution is 2.49. The lowest BCUT2D eigenvalue weighted by atomic mass is 9.96. The molecule has 0 aromatic heterocycles. The van der Waals surface area contributed by atoms with Crippen LogP contribution in [0, 0.1) is 20.8 Å². The van der Waals surface area contributed by atoms with Crippen LogP contribution in [0.25, 0.3) is 0 Å². The Balaban J connectivity index is 2.14. The Morgan fingerprint density at radius 3 is 2.09 bits per heavy atom. The van der Waals surface area contributed by atoms with Crippen molar-refractivity contribution in [2.24, 2.45) is 0 Å². The lowest BCUT2D eigenvalue weighted by molar-refractivity contribution is 0.0986. The molecule has 2 aromatic rings. The van der Waals surface area contributed by atoms with Gasteiger partial charge in [-0.3, -0.25) is 4.79 Å². The monoisotopic (exact) mass is 317 g/mol. The van der Waals surface area contributed by atoms with Crippen LogP contribution in [0.3, 0.4) is 0 Å². The molecule has 0 radical (unpaired) electrons. The van der Waals surface area contributed by atoms with E-state index in [9.17, 15) is 14.6 Å². The lowest BCUT2D eigenvalue weighted by Crippen LogP contribution is -2.16. The van der Waals surface area contributed by atoms with Crippen LogP contribution < -0.4 is 5.30 Å². The molecule has 0 aliphatic rings. The van der Waals surface area contributed by atoms with Gasteiger partial charge in [0, 0.05) is 5.56 Å². The molecule has 0 bridgehead atoms. The van der Waals surface area contributed by atoms with E-state index in [0.29, 0.717) is 10.9 Å². The maximum Gasteiger partial charge on any atom is 0.300 e. The van der Waals surface area contributed by atoms with E-state index in [1.54, 1.807) is 24.3 Å². The van der Waals surface area contributed by atoms with Crippen LogP contribution in [0.15, 0.2) is 42.5 Å². The predicted octanol–water partition coefficient (Wildman–Crippen LogP) is 3.34. The molecule has 0 spiro atoms. The fraction of sp³-hybridized carbons (Fsp3) is 0.278. The Kier molecular flexibility index (Phi) is 5.12. The summed E-state index contributed by atoms with van der Waals surface area (Å²) in [6, 6.07) is 12.7. The number of hydrogen-bond donors (Lipinski definition) is 2. The molecule has 0 atom stereocenters. The Labute approximate surface area is 132 Å². The molecule has 0 aliphatic carbocycles. The van der Waals surface area contributed by atoms with Crippen molar-refractivity contribution in [1.82, 2.24) is 0 Å². The van der Waals surface area contributed by atoms with E-state index in [2.05, 4.69) is 0 Å². The Bertz CT molecular complexity index is 655. The largest absolute Gasteiger partial charge is 0.300 e. The maximum absolute atomic E-state index is 12.5. The van der Waals surface area contributed by atoms with Gasteiger partial charge in [0.25, 0.3) is 7.72 Å². The van der Waals surface area contributed by atoms with E-state index in [1.165, 1.54) is 0 Å². The molecule has 2 N–H and O–H groups in total. The lowest BCUT2D eigenvalue weighted by Gasteiger charge is -2.13. The van der Waals surface area contributed by atoms with Gasteiger partial charge in [0.2, 0.25) is 0 Å². The first-order valence-electron chi connectivity index (χ1n) is 7.31. The molecular formula is C18H22O3P+. The first-order chi connectivity index (χ1) is 10.3. The van der Waals surface area contributed by atoms with Gasteiger partial charge >= 0.3 is 0 Å². The quantitative estimate of drug-likeness (QED) is 0.657. The van der Waals surface area contributed by atoms with Gasteiger partial charge in [-0.05, 0) is 44.0 Å². The van der Waals surface area contributed by atoms with Crippen LogP contribution in [0.1, 0.15) is 33.5 Å². The van der Waals surface area contributed by atoms with Gasteiger partial charge in [-0.15, -0.1) is 0 Å². The fourth-order valence-electron chi connectivity index (χ4n) is 2.80. The van der Waals surface area contributed by atoms with Crippen LogP contribution in [0.4, 0.5) is 0 Å². The van der Waals surface area contributed by atoms with E-state index >= 15 is 0 Å². The number of aryl methyl sites for hydroxylation is 3. The molecular weight excluding hydrogens is 295 g/mol. The third-order valence-corrected chi connectivity index (χ3v) is 5.75. The van der Waals surface area contributed by atoms with Crippen molar-refractivity contribution in [3.63, 3.8) is 0 Å². The second kappa shape index (κ2) is 6.70. The molecule has 0 fully saturated rings. The standard InChI is InChI=1S/C18H22O3P/c1-13-11-14(2)18(15(3)12-13)17(19)9-10-22(20,21)16-7-5-4-6-8-16/h4-8,11-12,20-21H,9-10H2,1-3H3/q+1. The molecule has 0 aliphatic heterocycles. The average molecular weight is 317 g/mol. The van der Waals surface area contributed by atoms with Crippen LogP contribution in [-0.4, -0.2) is 21.7 Å². The maximum atomic E-state index is 12.5. The molecule has 116 valence electrons. The molecule has 3 nitrogen and oxygen atoms in total. The van der Waals surface area contributed by atoms with Gasteiger partial charge in [0.15, 0.2) is 11.1 Å². The summed E-state index contributed by atoms with van der Waals surface area (Å²) in [4.78, 5) is 33.0. The highest BCUT2D eigenvalue weighted by molar-refractivity contribution is 7.72. The van der Waals surface area contributed by atoms with Crippen LogP contribution >= 0.6 is 7.72 Å². The second-order valence-electron chi connectivity index (χ2n) is 5.74. The zero-order valence-corrected chi connectivity index (χ0v) is 14.1. The third kappa shape index (κ3) is 3.80. The number of hydrogen-bond acceptors (Lipinski definition) is 3. The smallest absolute Gasteiger partial charge is 0.294 e. The number of carbonyl (C=O) groups excluding carboxylic acids is 1. The molecule has 4 heteroatoms. The van der Waals surface area contributed by atoms with Crippen LogP contribution in [-0.2, 0) is 0 Å². The van der Waals surface area contributed by atoms with Gasteiger partial charge in [-0.1, -0.05) is 35.9 Å². The molecule has 2 rings (SSSR count). The van der Waals surface area contributed by atoms with E-state index in [1.807, 2.05) is 39.0 Å². The molecule has 0 heterocycles. The SMILES string of the molecule is Cc1cc(C)c(C(=O)CC[P+](O)(O)c2ccccc2)c(C)c1. The molecule has 0 unspecified atom stereocenters. The first kappa shape index (κ1) is 16.8. The van der Waals surface area contributed by atoms with Gasteiger partial charge in [-0.2, -0.15) is 0 Å². The molecule has 0 amide bonds. The Morgan fingerprint density at radius 2 is 1.55 bits per heavy atom. The van der Waals surface area contributed by atoms with Gasteiger partial charge in [0.1, 0.15) is 6.16 Å². The van der Waals surface area contributed by atoms with E-state index in [-0.39, 0.29) is 18.4 Å². The second-order valence-corrected chi connectivity index (χ2v) is 8.16. The molecule has 2 aromatic carbocycles. The van der Waals surface area contributed by atoms with E-state index in [0.717, 1.165) is 16.7 Å². The summed E-state index contributed by atoms with van der Waals surface area (Å²) in [5.74, 6) is -0.0293. The minimum atomic E-state index is -3.23. The predicted molar refractivity (Wildman–Crippen MR) is 91.9 cm³/mol. The van der Waals surface area contributed by atoms with Gasteiger partial charge in [0.05, 0.1) is 6.42 Å². The number of carbonyl (C=O) groups is 1. The summed E-state index contributed by atoms with van der Waals surface area (Å²) in [5.41, 5.74) is 3.73. The molecule has 0 saturated heterocycles. The summed E-state index contributed by atoms with van der Waals surface area (Å²) in [6.07, 6.45) is 0.225. The van der Waals surface area contributed by atoms with Crippen molar-refractivity contribution in [2.45, 2.75) is 27.2 Å². The van der Waals surface area contributed by atoms with Gasteiger partial charge < -0.3 is 0 Å². The molecule has 0 saturated carbocycles. The average Bonchev–Trinajstić information content (AvgIpc) is 2.45. The zero-order valence-electron chi connectivity index (χ0n) is 13.2. The number of benzene rings is 2. The normalized spacial score (nSPS) is 11.5. The van der Waals surface area contributed by atoms with E-state index < -0.39 is 7.72 Å². The molecule has 22 heavy (non-hydrogen) atoms. The summed E-state index contributed by atoms with van der Waals surface area (Å²) in [6.45, 7) is 5.84. The van der Waals surface area contributed by atoms with E-state index in [4.69, 9.17) is 0 Å². The van der Waals surface area contributed by atoms with Crippen molar-refractivity contribution < 1.29 is 14.6 Å². The summed E-state index contributed by atoms with van der Waals surface area (Å²) >= 11 is 0. The van der Waals surface area contributed by atoms with Crippen molar-refractivity contribution >= 4 is 18.8 Å². The topological polar surface area (TPSA) is 57.5 Å². The van der Waals surface area contributed by atoms with Crippen molar-refractivity contribution in [3.8, 4) is 0 Å². The zero-order chi connectivity index (χ0) is 16.3. The first-order valence-corrected chi connectivity index (χ1v) is 9.19. The minimum absolute atomic E-state index is 0.0293. The highest BCUT2D eigenvalue weighted by atomic mass is 31.2. The van der Waals surface area contributed by atoms with Crippen molar-refractivity contribution in [2.75, 3.05) is 6.16 Å². The number of Topliss-reactive ketones (excluding diaryl/α,β-unsaturated/α-hetero) is 1. The van der Waals surface area contributed by atoms with Crippen LogP contribution in [0.5, 0.6) is 0 Å². The summed E-state index contributed by atoms with van der Waals surface area (Å²) in [5, 5.41) is 0.514. The number of rotatable bonds is 5. The summed E-state index contributed by atoms with van der Waals surface area (Å²) < 4.78 is 0. The van der Waals surface area contributed by atoms with Crippen molar-refractivity contribution in [3.05, 3.63) is 64.7 Å². The summed E-state index contributed by atoms with van der Waals surface area (Å²) in [7, 11) is -3.23. The Morgan fingerprint density at radius 1 is 1.00 bits per heavy atom. The number of ketones is 1. The van der Waals surface area contributed by atoms with Crippen molar-refractivity contribution in [1.29, 1.82) is 0 Å².